The molecule has 0 spiro atoms. The van der Waals surface area contributed by atoms with Crippen molar-refractivity contribution < 1.29 is 9.18 Å². The average Bonchev–Trinajstić information content (AvgIpc) is 3.10. The number of aromatic nitrogens is 2. The van der Waals surface area contributed by atoms with E-state index in [1.807, 2.05) is 11.8 Å². The third-order valence-corrected chi connectivity index (χ3v) is 6.78. The third-order valence-electron chi connectivity index (χ3n) is 6.78. The van der Waals surface area contributed by atoms with Gasteiger partial charge in [0.25, 0.3) is 0 Å². The summed E-state index contributed by atoms with van der Waals surface area (Å²) >= 11 is 0. The molecule has 4 heterocycles. The number of imidazole rings is 1. The quantitative estimate of drug-likeness (QED) is 0.859. The number of benzene rings is 1. The van der Waals surface area contributed by atoms with Crippen molar-refractivity contribution in [2.24, 2.45) is 5.41 Å². The minimum Gasteiger partial charge on any atom is -0.341 e. The molecule has 5 rings (SSSR count). The summed E-state index contributed by atoms with van der Waals surface area (Å²) in [4.78, 5) is 27.5. The van der Waals surface area contributed by atoms with Gasteiger partial charge in [-0.1, -0.05) is 13.8 Å². The molecule has 6 nitrogen and oxygen atoms in total. The third kappa shape index (κ3) is 3.55. The molecule has 0 aliphatic carbocycles. The number of carbonyl (C=O) groups is 1. The summed E-state index contributed by atoms with van der Waals surface area (Å²) in [6, 6.07) is 3.93. The molecule has 2 bridgehead atoms. The summed E-state index contributed by atoms with van der Waals surface area (Å²) in [5.74, 6) is 0.942. The number of piperazine rings is 1. The van der Waals surface area contributed by atoms with Gasteiger partial charge >= 0.3 is 0 Å². The maximum atomic E-state index is 13.7. The van der Waals surface area contributed by atoms with Crippen LogP contribution >= 0.6 is 0 Å². The van der Waals surface area contributed by atoms with E-state index in [2.05, 4.69) is 28.6 Å². The molecule has 3 aliphatic heterocycles. The Kier molecular flexibility index (Phi) is 4.44. The number of amides is 1. The second-order valence-electron chi connectivity index (χ2n) is 9.97. The molecule has 1 N–H and O–H groups in total. The second-order valence-corrected chi connectivity index (χ2v) is 9.97. The maximum absolute atomic E-state index is 13.7. The Hall–Kier alpha value is -1.99. The van der Waals surface area contributed by atoms with Crippen LogP contribution in [0, 0.1) is 18.2 Å². The highest BCUT2D eigenvalue weighted by molar-refractivity contribution is 5.79. The number of aryl methyl sites for hydroxylation is 1. The van der Waals surface area contributed by atoms with E-state index in [0.717, 1.165) is 68.0 Å². The summed E-state index contributed by atoms with van der Waals surface area (Å²) < 4.78 is 13.7. The largest absolute Gasteiger partial charge is 0.341 e. The monoisotopic (exact) mass is 399 g/mol. The van der Waals surface area contributed by atoms with Crippen LogP contribution in [0.2, 0.25) is 0 Å². The highest BCUT2D eigenvalue weighted by Crippen LogP contribution is 2.33. The first-order chi connectivity index (χ1) is 13.8. The number of aromatic amines is 1. The van der Waals surface area contributed by atoms with Gasteiger partial charge < -0.3 is 9.88 Å². The molecule has 0 radical (unpaired) electrons. The number of fused-ring (bicyclic) bond motifs is 3. The zero-order valence-corrected chi connectivity index (χ0v) is 17.5. The van der Waals surface area contributed by atoms with Crippen LogP contribution in [-0.2, 0) is 11.3 Å². The Morgan fingerprint density at radius 2 is 1.93 bits per heavy atom. The molecular formula is C22H30FN5O. The number of H-pyrrole nitrogens is 1. The first-order valence-electron chi connectivity index (χ1n) is 10.7. The summed E-state index contributed by atoms with van der Waals surface area (Å²) in [5, 5.41) is 0. The van der Waals surface area contributed by atoms with E-state index in [0.29, 0.717) is 18.6 Å². The topological polar surface area (TPSA) is 55.5 Å². The van der Waals surface area contributed by atoms with Gasteiger partial charge in [0.15, 0.2) is 0 Å². The van der Waals surface area contributed by atoms with Gasteiger partial charge in [0.1, 0.15) is 11.6 Å². The number of hydrogen-bond acceptors (Lipinski definition) is 4. The number of hydrogen-bond donors (Lipinski definition) is 1. The molecule has 3 saturated heterocycles. The van der Waals surface area contributed by atoms with Gasteiger partial charge in [0.2, 0.25) is 5.91 Å². The lowest BCUT2D eigenvalue weighted by atomic mass is 9.84. The zero-order valence-electron chi connectivity index (χ0n) is 17.5. The van der Waals surface area contributed by atoms with Gasteiger partial charge in [-0.25, -0.2) is 9.37 Å². The maximum Gasteiger partial charge on any atom is 0.236 e. The van der Waals surface area contributed by atoms with Crippen LogP contribution in [0.1, 0.15) is 38.1 Å². The van der Waals surface area contributed by atoms with E-state index in [9.17, 15) is 9.18 Å². The van der Waals surface area contributed by atoms with E-state index in [4.69, 9.17) is 4.98 Å². The smallest absolute Gasteiger partial charge is 0.236 e. The molecule has 0 saturated carbocycles. The van der Waals surface area contributed by atoms with Crippen molar-refractivity contribution in [2.75, 3.05) is 32.7 Å². The van der Waals surface area contributed by atoms with E-state index in [1.165, 1.54) is 12.1 Å². The number of rotatable bonds is 4. The predicted molar refractivity (Wildman–Crippen MR) is 110 cm³/mol. The van der Waals surface area contributed by atoms with Gasteiger partial charge in [0.05, 0.1) is 24.1 Å². The summed E-state index contributed by atoms with van der Waals surface area (Å²) in [7, 11) is 0. The van der Waals surface area contributed by atoms with Crippen LogP contribution in [0.15, 0.2) is 12.1 Å². The van der Waals surface area contributed by atoms with Crippen LogP contribution in [0.5, 0.6) is 0 Å². The minimum absolute atomic E-state index is 0.230. The van der Waals surface area contributed by atoms with Gasteiger partial charge in [-0.05, 0) is 42.9 Å². The molecule has 2 unspecified atom stereocenters. The number of nitrogens with zero attached hydrogens (tertiary/aromatic N) is 4. The van der Waals surface area contributed by atoms with E-state index in [-0.39, 0.29) is 17.1 Å². The molecule has 1 aromatic carbocycles. The lowest BCUT2D eigenvalue weighted by molar-refractivity contribution is -0.144. The van der Waals surface area contributed by atoms with E-state index >= 15 is 0 Å². The number of halogens is 1. The fourth-order valence-corrected chi connectivity index (χ4v) is 5.47. The average molecular weight is 400 g/mol. The Labute approximate surface area is 171 Å². The predicted octanol–water partition coefficient (Wildman–Crippen LogP) is 2.53. The van der Waals surface area contributed by atoms with Gasteiger partial charge in [-0.3, -0.25) is 14.6 Å². The molecule has 1 aromatic heterocycles. The van der Waals surface area contributed by atoms with Crippen molar-refractivity contribution in [2.45, 2.75) is 52.2 Å². The van der Waals surface area contributed by atoms with Crippen molar-refractivity contribution in [3.63, 3.8) is 0 Å². The van der Waals surface area contributed by atoms with Crippen LogP contribution in [0.4, 0.5) is 4.39 Å². The number of nitrogens with one attached hydrogen (secondary N) is 1. The van der Waals surface area contributed by atoms with Crippen molar-refractivity contribution in [3.05, 3.63) is 29.3 Å². The van der Waals surface area contributed by atoms with Gasteiger partial charge in [0, 0.05) is 38.3 Å². The minimum atomic E-state index is -0.230. The Bertz CT molecular complexity index is 932. The molecular weight excluding hydrogens is 369 g/mol. The molecule has 3 fully saturated rings. The first-order valence-corrected chi connectivity index (χ1v) is 10.7. The Morgan fingerprint density at radius 3 is 2.59 bits per heavy atom. The van der Waals surface area contributed by atoms with Crippen LogP contribution in [0.25, 0.3) is 11.0 Å². The molecule has 7 heteroatoms. The number of carbonyl (C=O) groups excluding carboxylic acids is 1. The zero-order chi connectivity index (χ0) is 20.3. The SMILES string of the molecule is Cc1cc(F)cc2[nH]c(CN3CC4CCC(C3)N4CC(=O)N3CC(C)(C)C3)nc12. The molecule has 2 aromatic rings. The van der Waals surface area contributed by atoms with Crippen molar-refractivity contribution in [1.82, 2.24) is 24.7 Å². The fraction of sp³-hybridized carbons (Fsp3) is 0.636. The lowest BCUT2D eigenvalue weighted by Gasteiger charge is -2.47. The van der Waals surface area contributed by atoms with Crippen molar-refractivity contribution in [1.29, 1.82) is 0 Å². The van der Waals surface area contributed by atoms with Crippen LogP contribution in [-0.4, -0.2) is 75.4 Å². The lowest BCUT2D eigenvalue weighted by Crippen LogP contribution is -2.60. The molecule has 29 heavy (non-hydrogen) atoms. The van der Waals surface area contributed by atoms with Gasteiger partial charge in [-0.15, -0.1) is 0 Å². The molecule has 2 atom stereocenters. The van der Waals surface area contributed by atoms with Crippen molar-refractivity contribution >= 4 is 16.9 Å². The standard InChI is InChI=1S/C22H30FN5O/c1-14-6-15(23)7-18-21(14)25-19(24-18)10-26-8-16-4-5-17(9-26)28(16)11-20(29)27-12-22(2,3)13-27/h6-7,16-17H,4-5,8-13H2,1-3H3,(H,24,25). The molecule has 3 aliphatic rings. The van der Waals surface area contributed by atoms with Crippen LogP contribution < -0.4 is 0 Å². The first kappa shape index (κ1) is 19.0. The summed E-state index contributed by atoms with van der Waals surface area (Å²) in [5.41, 5.74) is 2.76. The molecule has 1 amide bonds. The Morgan fingerprint density at radius 1 is 1.24 bits per heavy atom. The highest BCUT2D eigenvalue weighted by atomic mass is 19.1. The Balaban J connectivity index is 1.22. The van der Waals surface area contributed by atoms with Crippen molar-refractivity contribution in [3.8, 4) is 0 Å². The van der Waals surface area contributed by atoms with E-state index < -0.39 is 0 Å². The fourth-order valence-electron chi connectivity index (χ4n) is 5.47. The number of likely N-dealkylation sites (tertiary alicyclic amines) is 2. The summed E-state index contributed by atoms with van der Waals surface area (Å²) in [6.45, 7) is 11.3. The van der Waals surface area contributed by atoms with Crippen LogP contribution in [0.3, 0.4) is 0 Å². The normalized spacial score (nSPS) is 26.8. The summed E-state index contributed by atoms with van der Waals surface area (Å²) in [6.07, 6.45) is 2.31. The molecule has 156 valence electrons. The second kappa shape index (κ2) is 6.77. The van der Waals surface area contributed by atoms with E-state index in [1.54, 1.807) is 0 Å². The van der Waals surface area contributed by atoms with Gasteiger partial charge in [-0.2, -0.15) is 0 Å². The highest BCUT2D eigenvalue weighted by Gasteiger charge is 2.43.